The number of ether oxygens (including phenoxy) is 1. The molecule has 0 bridgehead atoms. The van der Waals surface area contributed by atoms with E-state index in [0.717, 1.165) is 12.8 Å². The Morgan fingerprint density at radius 2 is 2.00 bits per heavy atom. The SMILES string of the molecule is COCC(C)(CC(=O)O)NC(=O)C1C2CCCC21. The zero-order valence-electron chi connectivity index (χ0n) is 10.9. The van der Waals surface area contributed by atoms with Crippen LogP contribution in [-0.4, -0.2) is 36.2 Å². The van der Waals surface area contributed by atoms with Crippen molar-refractivity contribution in [2.45, 2.75) is 38.1 Å². The van der Waals surface area contributed by atoms with Gasteiger partial charge in [-0.3, -0.25) is 9.59 Å². The van der Waals surface area contributed by atoms with E-state index in [2.05, 4.69) is 5.32 Å². The maximum absolute atomic E-state index is 12.1. The molecule has 0 radical (unpaired) electrons. The number of carbonyl (C=O) groups excluding carboxylic acids is 1. The van der Waals surface area contributed by atoms with Crippen LogP contribution in [0.3, 0.4) is 0 Å². The van der Waals surface area contributed by atoms with Gasteiger partial charge in [0.2, 0.25) is 5.91 Å². The molecule has 0 heterocycles. The van der Waals surface area contributed by atoms with E-state index in [1.54, 1.807) is 6.92 Å². The number of rotatable bonds is 6. The van der Waals surface area contributed by atoms with Crippen molar-refractivity contribution in [2.75, 3.05) is 13.7 Å². The van der Waals surface area contributed by atoms with Crippen molar-refractivity contribution in [2.24, 2.45) is 17.8 Å². The quantitative estimate of drug-likeness (QED) is 0.743. The molecule has 1 amide bonds. The lowest BCUT2D eigenvalue weighted by atomic mass is 9.98. The van der Waals surface area contributed by atoms with E-state index >= 15 is 0 Å². The number of hydrogen-bond donors (Lipinski definition) is 2. The minimum absolute atomic E-state index is 0.00509. The lowest BCUT2D eigenvalue weighted by Gasteiger charge is -2.28. The Kier molecular flexibility index (Phi) is 3.61. The van der Waals surface area contributed by atoms with Crippen molar-refractivity contribution in [3.05, 3.63) is 0 Å². The molecule has 0 spiro atoms. The molecule has 0 aromatic carbocycles. The number of carboxylic acid groups (broad SMARTS) is 1. The summed E-state index contributed by atoms with van der Waals surface area (Å²) in [6, 6.07) is 0. The van der Waals surface area contributed by atoms with Crippen molar-refractivity contribution in [3.8, 4) is 0 Å². The van der Waals surface area contributed by atoms with Gasteiger partial charge in [0.1, 0.15) is 0 Å². The molecule has 0 aliphatic heterocycles. The molecule has 5 nitrogen and oxygen atoms in total. The second-order valence-corrected chi connectivity index (χ2v) is 5.84. The van der Waals surface area contributed by atoms with Crippen LogP contribution in [0.15, 0.2) is 0 Å². The fraction of sp³-hybridized carbons (Fsp3) is 0.846. The molecule has 18 heavy (non-hydrogen) atoms. The maximum atomic E-state index is 12.1. The fourth-order valence-electron chi connectivity index (χ4n) is 3.37. The molecule has 3 atom stereocenters. The number of fused-ring (bicyclic) bond motifs is 1. The average molecular weight is 255 g/mol. The summed E-state index contributed by atoms with van der Waals surface area (Å²) >= 11 is 0. The third-order valence-corrected chi connectivity index (χ3v) is 4.14. The number of nitrogens with one attached hydrogen (secondary N) is 1. The van der Waals surface area contributed by atoms with Crippen molar-refractivity contribution in [1.82, 2.24) is 5.32 Å². The highest BCUT2D eigenvalue weighted by Gasteiger charge is 2.57. The highest BCUT2D eigenvalue weighted by Crippen LogP contribution is 2.57. The molecule has 0 aromatic rings. The summed E-state index contributed by atoms with van der Waals surface area (Å²) in [5, 5.41) is 11.8. The molecule has 0 aromatic heterocycles. The zero-order valence-corrected chi connectivity index (χ0v) is 10.9. The van der Waals surface area contributed by atoms with Crippen LogP contribution in [0.1, 0.15) is 32.6 Å². The third-order valence-electron chi connectivity index (χ3n) is 4.14. The summed E-state index contributed by atoms with van der Waals surface area (Å²) in [4.78, 5) is 23.0. The first-order valence-corrected chi connectivity index (χ1v) is 6.49. The highest BCUT2D eigenvalue weighted by molar-refractivity contribution is 5.83. The van der Waals surface area contributed by atoms with Crippen molar-refractivity contribution in [3.63, 3.8) is 0 Å². The zero-order chi connectivity index (χ0) is 13.3. The summed E-state index contributed by atoms with van der Waals surface area (Å²) in [7, 11) is 1.51. The lowest BCUT2D eigenvalue weighted by Crippen LogP contribution is -2.51. The molecule has 2 N–H and O–H groups in total. The van der Waals surface area contributed by atoms with Gasteiger partial charge in [0.25, 0.3) is 0 Å². The number of carboxylic acids is 1. The van der Waals surface area contributed by atoms with E-state index < -0.39 is 11.5 Å². The predicted molar refractivity (Wildman–Crippen MR) is 65.0 cm³/mol. The van der Waals surface area contributed by atoms with E-state index in [4.69, 9.17) is 9.84 Å². The molecule has 2 saturated carbocycles. The van der Waals surface area contributed by atoms with Gasteiger partial charge in [0.05, 0.1) is 18.6 Å². The Hall–Kier alpha value is -1.10. The maximum Gasteiger partial charge on any atom is 0.305 e. The van der Waals surface area contributed by atoms with Gasteiger partial charge in [-0.2, -0.15) is 0 Å². The van der Waals surface area contributed by atoms with Gasteiger partial charge in [0, 0.05) is 13.0 Å². The molecule has 5 heteroatoms. The van der Waals surface area contributed by atoms with Crippen LogP contribution in [0.25, 0.3) is 0 Å². The number of aliphatic carboxylic acids is 1. The molecule has 2 aliphatic rings. The Morgan fingerprint density at radius 1 is 1.39 bits per heavy atom. The normalized spacial score (nSPS) is 32.4. The van der Waals surface area contributed by atoms with Crippen LogP contribution in [-0.2, 0) is 14.3 Å². The monoisotopic (exact) mass is 255 g/mol. The molecule has 2 rings (SSSR count). The number of hydrogen-bond acceptors (Lipinski definition) is 3. The first kappa shape index (κ1) is 13.3. The average Bonchev–Trinajstić information content (AvgIpc) is 2.72. The van der Waals surface area contributed by atoms with Crippen LogP contribution in [0.2, 0.25) is 0 Å². The second kappa shape index (κ2) is 4.88. The van der Waals surface area contributed by atoms with E-state index in [-0.39, 0.29) is 24.9 Å². The number of amides is 1. The van der Waals surface area contributed by atoms with Crippen LogP contribution in [0.5, 0.6) is 0 Å². The first-order chi connectivity index (χ1) is 8.47. The summed E-state index contributed by atoms with van der Waals surface area (Å²) in [6.45, 7) is 1.94. The first-order valence-electron chi connectivity index (χ1n) is 6.49. The summed E-state index contributed by atoms with van der Waals surface area (Å²) in [5.74, 6) is 0.281. The van der Waals surface area contributed by atoms with E-state index in [1.165, 1.54) is 13.5 Å². The van der Waals surface area contributed by atoms with Crippen LogP contribution in [0.4, 0.5) is 0 Å². The van der Waals surface area contributed by atoms with Crippen molar-refractivity contribution in [1.29, 1.82) is 0 Å². The Morgan fingerprint density at radius 3 is 2.50 bits per heavy atom. The van der Waals surface area contributed by atoms with Crippen LogP contribution in [0, 0.1) is 17.8 Å². The Balaban J connectivity index is 1.92. The number of methoxy groups -OCH3 is 1. The van der Waals surface area contributed by atoms with E-state index in [9.17, 15) is 9.59 Å². The smallest absolute Gasteiger partial charge is 0.305 e. The molecule has 102 valence electrons. The van der Waals surface area contributed by atoms with Gasteiger partial charge in [-0.1, -0.05) is 6.42 Å². The second-order valence-electron chi connectivity index (χ2n) is 5.84. The minimum atomic E-state index is -0.925. The Bertz CT molecular complexity index is 347. The van der Waals surface area contributed by atoms with Crippen molar-refractivity contribution >= 4 is 11.9 Å². The Labute approximate surface area is 107 Å². The van der Waals surface area contributed by atoms with Gasteiger partial charge in [0.15, 0.2) is 0 Å². The topological polar surface area (TPSA) is 75.6 Å². The predicted octanol–water partition coefficient (Wildman–Crippen LogP) is 1.03. The minimum Gasteiger partial charge on any atom is -0.481 e. The lowest BCUT2D eigenvalue weighted by molar-refractivity contribution is -0.139. The summed E-state index contributed by atoms with van der Waals surface area (Å²) < 4.78 is 5.02. The molecule has 3 unspecified atom stereocenters. The highest BCUT2D eigenvalue weighted by atomic mass is 16.5. The molecule has 2 fully saturated rings. The summed E-state index contributed by atoms with van der Waals surface area (Å²) in [6.07, 6.45) is 3.39. The van der Waals surface area contributed by atoms with Gasteiger partial charge < -0.3 is 15.2 Å². The number of carbonyl (C=O) groups is 2. The summed E-state index contributed by atoms with van der Waals surface area (Å²) in [5.41, 5.74) is -0.811. The largest absolute Gasteiger partial charge is 0.481 e. The van der Waals surface area contributed by atoms with Gasteiger partial charge >= 0.3 is 5.97 Å². The van der Waals surface area contributed by atoms with Gasteiger partial charge in [-0.15, -0.1) is 0 Å². The molecule has 2 aliphatic carbocycles. The third kappa shape index (κ3) is 2.66. The van der Waals surface area contributed by atoms with Gasteiger partial charge in [-0.05, 0) is 31.6 Å². The molecular formula is C13H21NO4. The fourth-order valence-corrected chi connectivity index (χ4v) is 3.37. The molecule has 0 saturated heterocycles. The van der Waals surface area contributed by atoms with Crippen LogP contribution < -0.4 is 5.32 Å². The van der Waals surface area contributed by atoms with Gasteiger partial charge in [-0.25, -0.2) is 0 Å². The van der Waals surface area contributed by atoms with Crippen LogP contribution >= 0.6 is 0 Å². The van der Waals surface area contributed by atoms with Crippen molar-refractivity contribution < 1.29 is 19.4 Å². The van der Waals surface area contributed by atoms with E-state index in [0.29, 0.717) is 11.8 Å². The molecular weight excluding hydrogens is 234 g/mol. The van der Waals surface area contributed by atoms with E-state index in [1.807, 2.05) is 0 Å². The standard InChI is InChI=1S/C13H21NO4/c1-13(7-18-2,6-10(15)16)14-12(17)11-8-4-3-5-9(8)11/h8-9,11H,3-7H2,1-2H3,(H,14,17)(H,15,16).